The van der Waals surface area contributed by atoms with Crippen LogP contribution in [0.1, 0.15) is 41.0 Å². The van der Waals surface area contributed by atoms with Gasteiger partial charge >= 0.3 is 0 Å². The van der Waals surface area contributed by atoms with Crippen LogP contribution in [0.4, 0.5) is 5.82 Å². The molecule has 8 heteroatoms. The maximum atomic E-state index is 12.5. The fourth-order valence-corrected chi connectivity index (χ4v) is 3.41. The third kappa shape index (κ3) is 3.34. The summed E-state index contributed by atoms with van der Waals surface area (Å²) in [4.78, 5) is 25.7. The number of nitrogens with zero attached hydrogens (tertiary/aromatic N) is 5. The molecular weight excluding hydrogens is 320 g/mol. The summed E-state index contributed by atoms with van der Waals surface area (Å²) in [5, 5.41) is 6.58. The molecule has 25 heavy (non-hydrogen) atoms. The third-order valence-corrected chi connectivity index (χ3v) is 4.69. The molecule has 0 bridgehead atoms. The fourth-order valence-electron chi connectivity index (χ4n) is 3.41. The van der Waals surface area contributed by atoms with E-state index in [1.807, 2.05) is 13.0 Å². The highest BCUT2D eigenvalue weighted by atomic mass is 16.5. The first-order valence-corrected chi connectivity index (χ1v) is 8.71. The lowest BCUT2D eigenvalue weighted by Gasteiger charge is -2.32. The van der Waals surface area contributed by atoms with E-state index in [-0.39, 0.29) is 12.0 Å². The Bertz CT molecular complexity index is 742. The van der Waals surface area contributed by atoms with Gasteiger partial charge in [0.1, 0.15) is 23.4 Å². The summed E-state index contributed by atoms with van der Waals surface area (Å²) in [6.45, 7) is 5.51. The Morgan fingerprint density at radius 3 is 2.88 bits per heavy atom. The van der Waals surface area contributed by atoms with Gasteiger partial charge in [0.2, 0.25) is 0 Å². The zero-order valence-electron chi connectivity index (χ0n) is 14.3. The van der Waals surface area contributed by atoms with Crippen molar-refractivity contribution in [3.63, 3.8) is 0 Å². The number of carbonyl (C=O) groups is 1. The van der Waals surface area contributed by atoms with Gasteiger partial charge in [-0.25, -0.2) is 9.97 Å². The quantitative estimate of drug-likeness (QED) is 0.905. The standard InChI is InChI=1S/C17H22N6O2/c1-12-19-14(10-16(20-12)22-6-2-3-7-22)15-11-23(8-9-25-15)17(24)13-4-5-18-21-13/h4-5,10,15H,2-3,6-9,11H2,1H3,(H,18,21). The molecule has 2 saturated heterocycles. The van der Waals surface area contributed by atoms with Gasteiger partial charge in [0.05, 0.1) is 18.8 Å². The van der Waals surface area contributed by atoms with Crippen LogP contribution >= 0.6 is 0 Å². The summed E-state index contributed by atoms with van der Waals surface area (Å²) in [6, 6.07) is 3.69. The van der Waals surface area contributed by atoms with Crippen LogP contribution in [0.25, 0.3) is 0 Å². The Kier molecular flexibility index (Phi) is 4.35. The summed E-state index contributed by atoms with van der Waals surface area (Å²) in [7, 11) is 0. The number of aromatic nitrogens is 4. The fraction of sp³-hybridized carbons (Fsp3) is 0.529. The lowest BCUT2D eigenvalue weighted by molar-refractivity contribution is -0.0250. The number of nitrogens with one attached hydrogen (secondary N) is 1. The number of aromatic amines is 1. The van der Waals surface area contributed by atoms with Crippen LogP contribution < -0.4 is 4.90 Å². The van der Waals surface area contributed by atoms with E-state index in [2.05, 4.69) is 25.1 Å². The number of aryl methyl sites for hydroxylation is 1. The number of morpholine rings is 1. The van der Waals surface area contributed by atoms with Crippen molar-refractivity contribution in [2.45, 2.75) is 25.9 Å². The SMILES string of the molecule is Cc1nc(C2CN(C(=O)c3ccn[nH]3)CCO2)cc(N2CCCC2)n1. The maximum absolute atomic E-state index is 12.5. The normalized spacial score (nSPS) is 20.9. The molecule has 132 valence electrons. The van der Waals surface area contributed by atoms with E-state index < -0.39 is 0 Å². The first kappa shape index (κ1) is 16.0. The molecule has 4 rings (SSSR count). The van der Waals surface area contributed by atoms with Gasteiger partial charge in [0.25, 0.3) is 5.91 Å². The number of carbonyl (C=O) groups excluding carboxylic acids is 1. The highest BCUT2D eigenvalue weighted by Gasteiger charge is 2.28. The molecule has 2 aliphatic heterocycles. The first-order valence-electron chi connectivity index (χ1n) is 8.71. The van der Waals surface area contributed by atoms with E-state index in [0.29, 0.717) is 25.4 Å². The Labute approximate surface area is 146 Å². The van der Waals surface area contributed by atoms with Gasteiger partial charge < -0.3 is 14.5 Å². The molecule has 0 radical (unpaired) electrons. The predicted molar refractivity (Wildman–Crippen MR) is 91.4 cm³/mol. The van der Waals surface area contributed by atoms with Crippen LogP contribution in [-0.4, -0.2) is 63.8 Å². The van der Waals surface area contributed by atoms with Crippen LogP contribution in [-0.2, 0) is 4.74 Å². The van der Waals surface area contributed by atoms with Crippen molar-refractivity contribution in [2.75, 3.05) is 37.7 Å². The van der Waals surface area contributed by atoms with Crippen LogP contribution in [0.3, 0.4) is 0 Å². The summed E-state index contributed by atoms with van der Waals surface area (Å²) in [5.41, 5.74) is 1.34. The molecule has 2 aliphatic rings. The Balaban J connectivity index is 1.53. The van der Waals surface area contributed by atoms with Crippen LogP contribution in [0.5, 0.6) is 0 Å². The number of rotatable bonds is 3. The van der Waals surface area contributed by atoms with E-state index >= 15 is 0 Å². The van der Waals surface area contributed by atoms with Crippen molar-refractivity contribution < 1.29 is 9.53 Å². The van der Waals surface area contributed by atoms with Crippen LogP contribution in [0, 0.1) is 6.92 Å². The van der Waals surface area contributed by atoms with Gasteiger partial charge in [-0.2, -0.15) is 5.10 Å². The molecule has 1 atom stereocenters. The van der Waals surface area contributed by atoms with Gasteiger partial charge in [-0.1, -0.05) is 0 Å². The predicted octanol–water partition coefficient (Wildman–Crippen LogP) is 1.32. The Hall–Kier alpha value is -2.48. The summed E-state index contributed by atoms with van der Waals surface area (Å²) >= 11 is 0. The monoisotopic (exact) mass is 342 g/mol. The molecule has 1 amide bonds. The summed E-state index contributed by atoms with van der Waals surface area (Å²) in [6.07, 6.45) is 3.75. The van der Waals surface area contributed by atoms with Crippen molar-refractivity contribution in [3.05, 3.63) is 35.5 Å². The topological polar surface area (TPSA) is 87.2 Å². The van der Waals surface area contributed by atoms with Crippen molar-refractivity contribution >= 4 is 11.7 Å². The molecule has 0 spiro atoms. The molecule has 0 aliphatic carbocycles. The first-order chi connectivity index (χ1) is 12.2. The molecule has 2 aromatic heterocycles. The minimum atomic E-state index is -0.233. The van der Waals surface area contributed by atoms with Gasteiger partial charge in [-0.3, -0.25) is 9.89 Å². The van der Waals surface area contributed by atoms with Crippen molar-refractivity contribution in [2.24, 2.45) is 0 Å². The largest absolute Gasteiger partial charge is 0.368 e. The van der Waals surface area contributed by atoms with Crippen LogP contribution in [0.15, 0.2) is 18.3 Å². The van der Waals surface area contributed by atoms with E-state index in [0.717, 1.165) is 30.4 Å². The van der Waals surface area contributed by atoms with Gasteiger partial charge in [0, 0.05) is 31.9 Å². The van der Waals surface area contributed by atoms with Crippen molar-refractivity contribution in [3.8, 4) is 0 Å². The highest BCUT2D eigenvalue weighted by Crippen LogP contribution is 2.26. The van der Waals surface area contributed by atoms with E-state index in [4.69, 9.17) is 4.74 Å². The second-order valence-electron chi connectivity index (χ2n) is 6.47. The van der Waals surface area contributed by atoms with E-state index in [9.17, 15) is 4.79 Å². The number of hydrogen-bond donors (Lipinski definition) is 1. The average molecular weight is 342 g/mol. The second kappa shape index (κ2) is 6.79. The minimum Gasteiger partial charge on any atom is -0.368 e. The molecule has 1 N–H and O–H groups in total. The van der Waals surface area contributed by atoms with Gasteiger partial charge in [-0.15, -0.1) is 0 Å². The highest BCUT2D eigenvalue weighted by molar-refractivity contribution is 5.92. The van der Waals surface area contributed by atoms with Crippen molar-refractivity contribution in [1.82, 2.24) is 25.1 Å². The molecule has 0 aromatic carbocycles. The lowest BCUT2D eigenvalue weighted by atomic mass is 10.1. The smallest absolute Gasteiger partial charge is 0.272 e. The summed E-state index contributed by atoms with van der Waals surface area (Å²) in [5.74, 6) is 1.64. The van der Waals surface area contributed by atoms with Crippen LogP contribution in [0.2, 0.25) is 0 Å². The van der Waals surface area contributed by atoms with E-state index in [1.54, 1.807) is 17.2 Å². The molecule has 1 unspecified atom stereocenters. The molecule has 4 heterocycles. The number of amides is 1. The zero-order chi connectivity index (χ0) is 17.2. The minimum absolute atomic E-state index is 0.0589. The lowest BCUT2D eigenvalue weighted by Crippen LogP contribution is -2.42. The van der Waals surface area contributed by atoms with Gasteiger partial charge in [-0.05, 0) is 25.8 Å². The molecule has 8 nitrogen and oxygen atoms in total. The van der Waals surface area contributed by atoms with Crippen molar-refractivity contribution in [1.29, 1.82) is 0 Å². The Morgan fingerprint density at radius 2 is 2.12 bits per heavy atom. The molecular formula is C17H22N6O2. The number of hydrogen-bond acceptors (Lipinski definition) is 6. The number of anilines is 1. The third-order valence-electron chi connectivity index (χ3n) is 4.69. The zero-order valence-corrected chi connectivity index (χ0v) is 14.3. The molecule has 2 fully saturated rings. The maximum Gasteiger partial charge on any atom is 0.272 e. The number of ether oxygens (including phenoxy) is 1. The van der Waals surface area contributed by atoms with E-state index in [1.165, 1.54) is 12.8 Å². The summed E-state index contributed by atoms with van der Waals surface area (Å²) < 4.78 is 5.91. The Morgan fingerprint density at radius 1 is 1.28 bits per heavy atom. The number of H-pyrrole nitrogens is 1. The molecule has 0 saturated carbocycles. The second-order valence-corrected chi connectivity index (χ2v) is 6.47. The average Bonchev–Trinajstić information content (AvgIpc) is 3.34. The molecule has 2 aromatic rings. The van der Waals surface area contributed by atoms with Gasteiger partial charge in [0.15, 0.2) is 0 Å².